The zero-order chi connectivity index (χ0) is 46.8. The summed E-state index contributed by atoms with van der Waals surface area (Å²) < 4.78 is 52.7. The van der Waals surface area contributed by atoms with E-state index in [-0.39, 0.29) is 64.2 Å². The molecule has 63 heavy (non-hydrogen) atoms. The molecule has 9 heterocycles. The zero-order valence-corrected chi connectivity index (χ0v) is 35.8. The summed E-state index contributed by atoms with van der Waals surface area (Å²) in [6.45, 7) is 8.58. The van der Waals surface area contributed by atoms with Gasteiger partial charge in [-0.1, -0.05) is 12.2 Å². The largest absolute Gasteiger partial charge is 0.393 e. The number of ether oxygens (including phenoxy) is 10. The topological polar surface area (TPSA) is 321 Å². The molecule has 1 saturated carbocycles. The molecule has 1 aliphatic carbocycles. The van der Waals surface area contributed by atoms with Gasteiger partial charge in [0.05, 0.1) is 64.1 Å². The van der Waals surface area contributed by atoms with Crippen LogP contribution in [-0.4, -0.2) is 267 Å². The molecule has 9 aliphatic heterocycles. The van der Waals surface area contributed by atoms with Crippen molar-refractivity contribution in [2.75, 3.05) is 46.8 Å². The Bertz CT molecular complexity index is 1570. The summed E-state index contributed by atoms with van der Waals surface area (Å²) >= 11 is 0. The second kappa shape index (κ2) is 19.3. The van der Waals surface area contributed by atoms with Gasteiger partial charge in [-0.3, -0.25) is 0 Å². The minimum Gasteiger partial charge on any atom is -0.393 e. The number of hydrogen-bond donors (Lipinski definition) is 11. The van der Waals surface area contributed by atoms with Crippen molar-refractivity contribution in [2.24, 2.45) is 11.7 Å². The van der Waals surface area contributed by atoms with E-state index in [0.29, 0.717) is 6.42 Å². The molecule has 2 unspecified atom stereocenters. The molecule has 10 fully saturated rings. The predicted molar refractivity (Wildman–Crippen MR) is 216 cm³/mol. The van der Waals surface area contributed by atoms with E-state index in [2.05, 4.69) is 6.58 Å². The van der Waals surface area contributed by atoms with Crippen molar-refractivity contribution < 1.29 is 98.4 Å². The van der Waals surface area contributed by atoms with E-state index in [1.807, 2.05) is 6.92 Å². The minimum absolute atomic E-state index is 0.00611. The standard InChI is InChI=1S/C9H14O3.C8H13BO5.C7H12BNO4.2C7H11BO4/c1-5-3-9(4-10)8(11)7(5)6(2)12-9;1-12-2-4-8(3-10)6(11)5(13-4)7(9)14-8;8-6-4-5(11)7(2-10,13-6)1-3(9)12-4;1-3(9)7-2-11-4(5(7)10)6(8)12-7;1-3-7(2-9)5(10)4(11-3)6(8)12-7/h6-8,10-11H,1,3-4H2,2H3;4-7,10-11H,2-3H2,1H3;3-6,10-11H,1-2,9H2;2*3-6,9-10H,2H2,1H3/t6-,7-,8+,9+;4-,5+,6-,7+,8-;2*3?,4-,5+,6-,7-;3-,4+,5-,6+,7-/m00110/s1. The molecule has 21 nitrogen and oxygen atoms in total. The van der Waals surface area contributed by atoms with Crippen molar-refractivity contribution in [2.45, 2.75) is 171 Å². The number of aliphatic hydroxyl groups excluding tert-OH is 10. The van der Waals surface area contributed by atoms with E-state index in [9.17, 15) is 35.7 Å². The third kappa shape index (κ3) is 8.45. The van der Waals surface area contributed by atoms with Gasteiger partial charge < -0.3 is 104 Å². The van der Waals surface area contributed by atoms with Crippen LogP contribution in [0.3, 0.4) is 0 Å². The van der Waals surface area contributed by atoms with Crippen LogP contribution in [0.2, 0.25) is 0 Å². The maximum atomic E-state index is 9.80. The lowest BCUT2D eigenvalue weighted by atomic mass is 9.85. The highest BCUT2D eigenvalue weighted by Crippen LogP contribution is 2.50. The third-order valence-corrected chi connectivity index (χ3v) is 14.2. The van der Waals surface area contributed by atoms with Crippen LogP contribution in [0.5, 0.6) is 0 Å². The van der Waals surface area contributed by atoms with Gasteiger partial charge >= 0.3 is 0 Å². The SMILES string of the molecule is C=C1C[C@]2(CO)O[C@@H](C)[C@H]1[C@H]2O.[B][C@@H]1O[C@@]2(C(C)O)CO[C@@H]1[C@@H]2O.[B][C@@H]1O[C@@]2(CO)CC(N)O[C@@H]1[C@@H]2O.[B][C@@H]1O[C@@]2(CO)[C@H](C)O[C@@H]1[C@@H]2O.[B][C@@H]1O[C@@]2(CO)[C@H](COC)O[C@@H]1[C@@H]2O. The van der Waals surface area contributed by atoms with Gasteiger partial charge in [0.25, 0.3) is 0 Å². The Morgan fingerprint density at radius 2 is 1.24 bits per heavy atom. The van der Waals surface area contributed by atoms with Gasteiger partial charge in [-0.25, -0.2) is 0 Å². The highest BCUT2D eigenvalue weighted by Gasteiger charge is 2.66. The number of fused-ring (bicyclic) bond motifs is 10. The minimum atomic E-state index is -1.11. The van der Waals surface area contributed by atoms with Crippen LogP contribution in [0.15, 0.2) is 12.2 Å². The Balaban J connectivity index is 0.000000131. The fourth-order valence-corrected chi connectivity index (χ4v) is 10.4. The lowest BCUT2D eigenvalue weighted by Gasteiger charge is -2.37. The zero-order valence-electron chi connectivity index (χ0n) is 35.8. The van der Waals surface area contributed by atoms with E-state index < -0.39 is 125 Å². The predicted octanol–water partition coefficient (Wildman–Crippen LogP) is -7.45. The lowest BCUT2D eigenvalue weighted by molar-refractivity contribution is -0.192. The first-order valence-corrected chi connectivity index (χ1v) is 21.0. The molecular formula is C38H61B4NO20. The molecule has 0 aromatic heterocycles. The van der Waals surface area contributed by atoms with Crippen LogP contribution in [0.4, 0.5) is 0 Å². The summed E-state index contributed by atoms with van der Waals surface area (Å²) in [4.78, 5) is 0. The smallest absolute Gasteiger partial charge is 0.147 e. The Morgan fingerprint density at radius 1 is 0.698 bits per heavy atom. The number of methoxy groups -OCH3 is 1. The second-order valence-electron chi connectivity index (χ2n) is 17.9. The molecular weight excluding hydrogens is 834 g/mol. The maximum Gasteiger partial charge on any atom is 0.147 e. The van der Waals surface area contributed by atoms with Crippen molar-refractivity contribution in [1.29, 1.82) is 0 Å². The molecule has 0 spiro atoms. The van der Waals surface area contributed by atoms with Crippen LogP contribution in [0.25, 0.3) is 0 Å². The molecule has 0 aromatic carbocycles. The number of nitrogens with two attached hydrogens (primary N) is 1. The Labute approximate surface area is 371 Å². The van der Waals surface area contributed by atoms with Crippen LogP contribution in [0, 0.1) is 5.92 Å². The number of aliphatic hydroxyl groups is 10. The summed E-state index contributed by atoms with van der Waals surface area (Å²) in [7, 11) is 23.7. The van der Waals surface area contributed by atoms with Crippen LogP contribution < -0.4 is 5.73 Å². The molecule has 10 aliphatic rings. The fourth-order valence-electron chi connectivity index (χ4n) is 10.4. The molecule has 0 amide bonds. The first-order chi connectivity index (χ1) is 29.5. The summed E-state index contributed by atoms with van der Waals surface area (Å²) in [5, 5.41) is 94.5. The normalized spacial score (nSPS) is 54.1. The van der Waals surface area contributed by atoms with E-state index in [1.54, 1.807) is 13.8 Å². The van der Waals surface area contributed by atoms with Crippen LogP contribution in [0.1, 0.15) is 33.6 Å². The van der Waals surface area contributed by atoms with Gasteiger partial charge in [0, 0.05) is 49.9 Å². The molecule has 24 atom stereocenters. The second-order valence-corrected chi connectivity index (χ2v) is 17.9. The maximum absolute atomic E-state index is 9.80. The highest BCUT2D eigenvalue weighted by molar-refractivity contribution is 6.12. The first-order valence-electron chi connectivity index (χ1n) is 21.0. The number of hydrogen-bond acceptors (Lipinski definition) is 21. The fraction of sp³-hybridized carbons (Fsp3) is 0.947. The van der Waals surface area contributed by atoms with Crippen molar-refractivity contribution in [1.82, 2.24) is 0 Å². The average molecular weight is 895 g/mol. The van der Waals surface area contributed by atoms with Gasteiger partial charge in [-0.15, -0.1) is 0 Å². The quantitative estimate of drug-likeness (QED) is 0.0836. The van der Waals surface area contributed by atoms with Crippen molar-refractivity contribution in [3.8, 4) is 0 Å². The van der Waals surface area contributed by atoms with E-state index in [4.69, 9.17) is 99.8 Å². The monoisotopic (exact) mass is 895 g/mol. The van der Waals surface area contributed by atoms with Crippen LogP contribution >= 0.6 is 0 Å². The van der Waals surface area contributed by atoms with Gasteiger partial charge in [-0.05, 0) is 20.8 Å². The van der Waals surface area contributed by atoms with Gasteiger partial charge in [0.15, 0.2) is 0 Å². The molecule has 350 valence electrons. The molecule has 8 radical (unpaired) electrons. The summed E-state index contributed by atoms with van der Waals surface area (Å²) in [6.07, 6.45) is -7.37. The van der Waals surface area contributed by atoms with Gasteiger partial charge in [0.2, 0.25) is 0 Å². The summed E-state index contributed by atoms with van der Waals surface area (Å²) in [5.41, 5.74) is 1.71. The Hall–Kier alpha value is -0.840. The molecule has 0 aromatic rings. The van der Waals surface area contributed by atoms with E-state index >= 15 is 0 Å². The lowest BCUT2D eigenvalue weighted by Crippen LogP contribution is -2.56. The molecule has 25 heteroatoms. The van der Waals surface area contributed by atoms with E-state index in [1.165, 1.54) is 7.11 Å². The highest BCUT2D eigenvalue weighted by atomic mass is 16.7. The summed E-state index contributed by atoms with van der Waals surface area (Å²) in [6, 6.07) is -2.63. The van der Waals surface area contributed by atoms with Gasteiger partial charge in [-0.2, -0.15) is 0 Å². The molecule has 10 rings (SSSR count). The summed E-state index contributed by atoms with van der Waals surface area (Å²) in [5.74, 6) is 0.0251. The average Bonchev–Trinajstić information content (AvgIpc) is 4.09. The Kier molecular flexibility index (Phi) is 15.8. The van der Waals surface area contributed by atoms with Crippen molar-refractivity contribution in [3.63, 3.8) is 0 Å². The van der Waals surface area contributed by atoms with Crippen molar-refractivity contribution >= 4 is 31.4 Å². The molecule has 12 N–H and O–H groups in total. The van der Waals surface area contributed by atoms with E-state index in [0.717, 1.165) is 5.57 Å². The van der Waals surface area contributed by atoms with Gasteiger partial charge in [0.1, 0.15) is 121 Å². The van der Waals surface area contributed by atoms with Crippen LogP contribution in [-0.2, 0) is 47.4 Å². The molecule has 10 bridgehead atoms. The molecule has 9 saturated heterocycles. The Morgan fingerprint density at radius 3 is 1.63 bits per heavy atom. The number of rotatable bonds is 7. The third-order valence-electron chi connectivity index (χ3n) is 14.2. The first kappa shape index (κ1) is 51.5. The van der Waals surface area contributed by atoms with Crippen molar-refractivity contribution in [3.05, 3.63) is 12.2 Å².